The molecule has 0 unspecified atom stereocenters. The average Bonchev–Trinajstić information content (AvgIpc) is 2.75. The third-order valence-corrected chi connectivity index (χ3v) is 4.19. The van der Waals surface area contributed by atoms with Gasteiger partial charge in [0.15, 0.2) is 0 Å². The summed E-state index contributed by atoms with van der Waals surface area (Å²) in [5, 5.41) is 26.5. The zero-order chi connectivity index (χ0) is 21.9. The summed E-state index contributed by atoms with van der Waals surface area (Å²) < 4.78 is 0. The van der Waals surface area contributed by atoms with Crippen molar-refractivity contribution in [2.24, 2.45) is 5.11 Å². The van der Waals surface area contributed by atoms with Gasteiger partial charge in [0, 0.05) is 35.2 Å². The number of aliphatic carboxylic acids is 1. The minimum absolute atomic E-state index is 0.0928. The zero-order valence-corrected chi connectivity index (χ0v) is 16.0. The van der Waals surface area contributed by atoms with Crippen molar-refractivity contribution >= 4 is 17.8 Å². The number of hydrogen-bond donors (Lipinski definition) is 4. The Balaban J connectivity index is 1.92. The maximum absolute atomic E-state index is 12.3. The molecule has 10 nitrogen and oxygen atoms in total. The van der Waals surface area contributed by atoms with Crippen LogP contribution in [0.25, 0.3) is 10.4 Å². The van der Waals surface area contributed by atoms with Crippen LogP contribution in [0.5, 0.6) is 0 Å². The molecule has 2 aromatic rings. The maximum atomic E-state index is 12.3. The highest BCUT2D eigenvalue weighted by Crippen LogP contribution is 2.08. The van der Waals surface area contributed by atoms with Gasteiger partial charge in [-0.3, -0.25) is 14.4 Å². The second-order valence-corrected chi connectivity index (χ2v) is 6.42. The second kappa shape index (κ2) is 11.2. The van der Waals surface area contributed by atoms with Crippen LogP contribution in [-0.4, -0.2) is 40.6 Å². The van der Waals surface area contributed by atoms with Crippen LogP contribution in [0.3, 0.4) is 0 Å². The lowest BCUT2D eigenvalue weighted by atomic mass is 10.1. The van der Waals surface area contributed by atoms with E-state index in [4.69, 9.17) is 15.7 Å². The first kappa shape index (κ1) is 22.4. The number of aliphatic hydroxyl groups excluding tert-OH is 1. The van der Waals surface area contributed by atoms with E-state index >= 15 is 0 Å². The summed E-state index contributed by atoms with van der Waals surface area (Å²) in [7, 11) is 0. The SMILES string of the molecule is [N-]=[N+]=NC[C@H](CC(=O)O)NC(=O)c1ccc(CNC(=O)c2ccc(CO)cc2)cc1. The van der Waals surface area contributed by atoms with Crippen molar-refractivity contribution in [3.63, 3.8) is 0 Å². The highest BCUT2D eigenvalue weighted by molar-refractivity contribution is 5.95. The van der Waals surface area contributed by atoms with Crippen LogP contribution in [0.2, 0.25) is 0 Å². The van der Waals surface area contributed by atoms with Crippen molar-refractivity contribution in [3.8, 4) is 0 Å². The topological polar surface area (TPSA) is 164 Å². The van der Waals surface area contributed by atoms with Crippen molar-refractivity contribution in [2.45, 2.75) is 25.6 Å². The Bertz CT molecular complexity index is 933. The Morgan fingerprint density at radius 1 is 0.967 bits per heavy atom. The van der Waals surface area contributed by atoms with Gasteiger partial charge in [0.25, 0.3) is 11.8 Å². The van der Waals surface area contributed by atoms with Crippen LogP contribution in [0.1, 0.15) is 38.3 Å². The summed E-state index contributed by atoms with van der Waals surface area (Å²) >= 11 is 0. The summed E-state index contributed by atoms with van der Waals surface area (Å²) in [6, 6.07) is 12.2. The van der Waals surface area contributed by atoms with E-state index in [9.17, 15) is 14.4 Å². The molecule has 0 radical (unpaired) electrons. The van der Waals surface area contributed by atoms with E-state index in [2.05, 4.69) is 20.7 Å². The minimum atomic E-state index is -1.12. The van der Waals surface area contributed by atoms with Gasteiger partial charge in [-0.15, -0.1) is 0 Å². The smallest absolute Gasteiger partial charge is 0.305 e. The Hall–Kier alpha value is -3.88. The number of azide groups is 1. The number of benzene rings is 2. The van der Waals surface area contributed by atoms with Crippen molar-refractivity contribution in [1.29, 1.82) is 0 Å². The molecule has 2 amide bonds. The molecule has 0 spiro atoms. The molecule has 2 aromatic carbocycles. The number of carbonyl (C=O) groups is 3. The van der Waals surface area contributed by atoms with Gasteiger partial charge in [-0.05, 0) is 40.9 Å². The average molecular weight is 411 g/mol. The molecule has 10 heteroatoms. The quantitative estimate of drug-likeness (QED) is 0.266. The molecule has 0 aliphatic carbocycles. The number of hydrogen-bond acceptors (Lipinski definition) is 5. The first-order chi connectivity index (χ1) is 14.4. The molecular formula is C20H21N5O5. The zero-order valence-electron chi connectivity index (χ0n) is 16.0. The molecule has 2 rings (SSSR count). The molecule has 0 heterocycles. The monoisotopic (exact) mass is 411 g/mol. The van der Waals surface area contributed by atoms with Crippen LogP contribution in [0.15, 0.2) is 53.6 Å². The number of carboxylic acids is 1. The van der Waals surface area contributed by atoms with Gasteiger partial charge < -0.3 is 20.8 Å². The van der Waals surface area contributed by atoms with Gasteiger partial charge in [-0.2, -0.15) is 0 Å². The summed E-state index contributed by atoms with van der Waals surface area (Å²) in [4.78, 5) is 37.9. The normalized spacial score (nSPS) is 11.1. The fourth-order valence-corrected chi connectivity index (χ4v) is 2.60. The Kier molecular flexibility index (Phi) is 8.37. The number of amides is 2. The first-order valence-electron chi connectivity index (χ1n) is 9.03. The maximum Gasteiger partial charge on any atom is 0.305 e. The van der Waals surface area contributed by atoms with E-state index < -0.39 is 17.9 Å². The van der Waals surface area contributed by atoms with Crippen LogP contribution in [0, 0.1) is 0 Å². The molecule has 4 N–H and O–H groups in total. The summed E-state index contributed by atoms with van der Waals surface area (Å²) in [5.41, 5.74) is 10.6. The molecule has 0 aromatic heterocycles. The largest absolute Gasteiger partial charge is 0.481 e. The minimum Gasteiger partial charge on any atom is -0.481 e. The fourth-order valence-electron chi connectivity index (χ4n) is 2.60. The molecule has 0 aliphatic heterocycles. The molecular weight excluding hydrogens is 390 g/mol. The number of carboxylic acid groups (broad SMARTS) is 1. The van der Waals surface area contributed by atoms with E-state index in [-0.39, 0.29) is 32.0 Å². The molecule has 0 saturated carbocycles. The lowest BCUT2D eigenvalue weighted by Crippen LogP contribution is -2.38. The summed E-state index contributed by atoms with van der Waals surface area (Å²) in [5.74, 6) is -1.88. The van der Waals surface area contributed by atoms with Crippen molar-refractivity contribution in [2.75, 3.05) is 6.54 Å². The van der Waals surface area contributed by atoms with Gasteiger partial charge in [0.05, 0.1) is 13.0 Å². The Labute approximate surface area is 172 Å². The van der Waals surface area contributed by atoms with Crippen LogP contribution < -0.4 is 10.6 Å². The summed E-state index contributed by atoms with van der Waals surface area (Å²) in [6.07, 6.45) is -0.367. The molecule has 1 atom stereocenters. The third-order valence-electron chi connectivity index (χ3n) is 4.19. The molecule has 30 heavy (non-hydrogen) atoms. The van der Waals surface area contributed by atoms with Crippen molar-refractivity contribution < 1.29 is 24.6 Å². The van der Waals surface area contributed by atoms with E-state index in [1.54, 1.807) is 48.5 Å². The van der Waals surface area contributed by atoms with E-state index in [0.717, 1.165) is 5.56 Å². The number of nitrogens with zero attached hydrogens (tertiary/aromatic N) is 3. The number of aliphatic hydroxyl groups is 1. The Morgan fingerprint density at radius 3 is 2.07 bits per heavy atom. The van der Waals surface area contributed by atoms with E-state index in [1.165, 1.54) is 0 Å². The van der Waals surface area contributed by atoms with Gasteiger partial charge in [-0.1, -0.05) is 29.4 Å². The number of carbonyl (C=O) groups excluding carboxylic acids is 2. The van der Waals surface area contributed by atoms with E-state index in [1.807, 2.05) is 0 Å². The van der Waals surface area contributed by atoms with E-state index in [0.29, 0.717) is 16.7 Å². The highest BCUT2D eigenvalue weighted by Gasteiger charge is 2.16. The second-order valence-electron chi connectivity index (χ2n) is 6.42. The lowest BCUT2D eigenvalue weighted by molar-refractivity contribution is -0.137. The molecule has 0 aliphatic rings. The highest BCUT2D eigenvalue weighted by atomic mass is 16.4. The molecule has 0 bridgehead atoms. The fraction of sp³-hybridized carbons (Fsp3) is 0.250. The van der Waals surface area contributed by atoms with Crippen molar-refractivity contribution in [1.82, 2.24) is 10.6 Å². The van der Waals surface area contributed by atoms with Gasteiger partial charge in [-0.25, -0.2) is 0 Å². The molecule has 156 valence electrons. The Morgan fingerprint density at radius 2 is 1.53 bits per heavy atom. The van der Waals surface area contributed by atoms with Crippen LogP contribution in [-0.2, 0) is 17.9 Å². The van der Waals surface area contributed by atoms with Crippen LogP contribution in [0.4, 0.5) is 0 Å². The number of nitrogens with one attached hydrogen (secondary N) is 2. The third kappa shape index (κ3) is 6.93. The number of rotatable bonds is 10. The predicted octanol–water partition coefficient (Wildman–Crippen LogP) is 1.99. The molecule has 0 fully saturated rings. The van der Waals surface area contributed by atoms with Crippen molar-refractivity contribution in [3.05, 3.63) is 81.2 Å². The van der Waals surface area contributed by atoms with Gasteiger partial charge in [0.1, 0.15) is 0 Å². The van der Waals surface area contributed by atoms with Crippen LogP contribution >= 0.6 is 0 Å². The summed E-state index contributed by atoms with van der Waals surface area (Å²) in [6.45, 7) is -0.0106. The molecule has 0 saturated heterocycles. The predicted molar refractivity (Wildman–Crippen MR) is 107 cm³/mol. The standard InChI is InChI=1S/C20H21N5O5/c21-25-23-11-17(9-18(27)28)24-20(30)16-5-1-13(2-6-16)10-22-19(29)15-7-3-14(12-26)4-8-15/h1-8,17,26H,9-12H2,(H,22,29)(H,24,30)(H,27,28)/t17-/m0/s1. The van der Waals surface area contributed by atoms with Gasteiger partial charge in [0.2, 0.25) is 0 Å². The first-order valence-corrected chi connectivity index (χ1v) is 9.03. The van der Waals surface area contributed by atoms with Gasteiger partial charge >= 0.3 is 5.97 Å². The lowest BCUT2D eigenvalue weighted by Gasteiger charge is -2.14.